The SMILES string of the molecule is CC[C@H](N)C(=O)Nc1nccnn1. The van der Waals surface area contributed by atoms with E-state index < -0.39 is 6.04 Å². The molecule has 1 atom stereocenters. The van der Waals surface area contributed by atoms with Crippen molar-refractivity contribution < 1.29 is 4.79 Å². The molecule has 1 aromatic heterocycles. The van der Waals surface area contributed by atoms with Crippen LogP contribution in [0.5, 0.6) is 0 Å². The Morgan fingerprint density at radius 1 is 1.69 bits per heavy atom. The van der Waals surface area contributed by atoms with Crippen LogP contribution in [0.2, 0.25) is 0 Å². The molecular formula is C7H11N5O. The van der Waals surface area contributed by atoms with Crippen molar-refractivity contribution in [2.45, 2.75) is 19.4 Å². The van der Waals surface area contributed by atoms with Gasteiger partial charge in [-0.15, -0.1) is 5.10 Å². The minimum absolute atomic E-state index is 0.177. The van der Waals surface area contributed by atoms with Crippen LogP contribution in [0.25, 0.3) is 0 Å². The molecular weight excluding hydrogens is 170 g/mol. The Labute approximate surface area is 75.6 Å². The highest BCUT2D eigenvalue weighted by Crippen LogP contribution is 1.94. The lowest BCUT2D eigenvalue weighted by Gasteiger charge is -2.07. The van der Waals surface area contributed by atoms with Crippen molar-refractivity contribution in [3.63, 3.8) is 0 Å². The Morgan fingerprint density at radius 3 is 3.00 bits per heavy atom. The molecule has 1 aromatic rings. The third kappa shape index (κ3) is 2.75. The van der Waals surface area contributed by atoms with Gasteiger partial charge >= 0.3 is 0 Å². The van der Waals surface area contributed by atoms with Gasteiger partial charge in [-0.25, -0.2) is 4.98 Å². The number of nitrogens with zero attached hydrogens (tertiary/aromatic N) is 3. The molecule has 0 saturated carbocycles. The maximum Gasteiger partial charge on any atom is 0.249 e. The lowest BCUT2D eigenvalue weighted by Crippen LogP contribution is -2.35. The number of carbonyl (C=O) groups is 1. The molecule has 0 saturated heterocycles. The van der Waals surface area contributed by atoms with E-state index in [2.05, 4.69) is 20.5 Å². The molecule has 0 aliphatic carbocycles. The molecule has 6 nitrogen and oxygen atoms in total. The smallest absolute Gasteiger partial charge is 0.249 e. The van der Waals surface area contributed by atoms with Crippen LogP contribution in [0.4, 0.5) is 5.95 Å². The van der Waals surface area contributed by atoms with Gasteiger partial charge in [-0.2, -0.15) is 5.10 Å². The Kier molecular flexibility index (Phi) is 3.27. The average Bonchev–Trinajstić information content (AvgIpc) is 2.18. The molecule has 0 fully saturated rings. The predicted molar refractivity (Wildman–Crippen MR) is 46.7 cm³/mol. The van der Waals surface area contributed by atoms with Gasteiger partial charge in [0.05, 0.1) is 18.4 Å². The van der Waals surface area contributed by atoms with Crippen molar-refractivity contribution in [2.75, 3.05) is 5.32 Å². The van der Waals surface area contributed by atoms with Gasteiger partial charge in [0.1, 0.15) is 0 Å². The zero-order valence-electron chi connectivity index (χ0n) is 7.27. The summed E-state index contributed by atoms with van der Waals surface area (Å²) >= 11 is 0. The largest absolute Gasteiger partial charge is 0.320 e. The summed E-state index contributed by atoms with van der Waals surface area (Å²) in [5.74, 6) is -0.119. The fraction of sp³-hybridized carbons (Fsp3) is 0.429. The second-order valence-corrected chi connectivity index (χ2v) is 2.47. The van der Waals surface area contributed by atoms with Crippen LogP contribution in [-0.4, -0.2) is 27.1 Å². The van der Waals surface area contributed by atoms with Gasteiger partial charge in [-0.3, -0.25) is 10.1 Å². The number of nitrogens with two attached hydrogens (primary N) is 1. The molecule has 0 radical (unpaired) electrons. The van der Waals surface area contributed by atoms with Crippen molar-refractivity contribution >= 4 is 11.9 Å². The van der Waals surface area contributed by atoms with Gasteiger partial charge < -0.3 is 5.73 Å². The van der Waals surface area contributed by atoms with E-state index in [0.29, 0.717) is 6.42 Å². The lowest BCUT2D eigenvalue weighted by atomic mass is 10.2. The van der Waals surface area contributed by atoms with Gasteiger partial charge in [-0.05, 0) is 6.42 Å². The Balaban J connectivity index is 2.55. The summed E-state index contributed by atoms with van der Waals surface area (Å²) in [7, 11) is 0. The summed E-state index contributed by atoms with van der Waals surface area (Å²) < 4.78 is 0. The fourth-order valence-corrected chi connectivity index (χ4v) is 0.693. The van der Waals surface area contributed by atoms with Crippen molar-refractivity contribution in [2.24, 2.45) is 5.73 Å². The molecule has 13 heavy (non-hydrogen) atoms. The van der Waals surface area contributed by atoms with Crippen LogP contribution in [-0.2, 0) is 4.79 Å². The molecule has 0 unspecified atom stereocenters. The first-order valence-electron chi connectivity index (χ1n) is 3.94. The summed E-state index contributed by atoms with van der Waals surface area (Å²) in [6, 6.07) is -0.524. The normalized spacial score (nSPS) is 12.2. The van der Waals surface area contributed by atoms with E-state index >= 15 is 0 Å². The molecule has 0 aliphatic rings. The standard InChI is InChI=1S/C7H11N5O/c1-2-5(8)6(13)11-7-9-3-4-10-12-7/h3-5H,2,8H2,1H3,(H,9,11,12,13)/t5-/m0/s1. The number of aromatic nitrogens is 3. The highest BCUT2D eigenvalue weighted by molar-refractivity contribution is 5.92. The Hall–Kier alpha value is -1.56. The van der Waals surface area contributed by atoms with E-state index in [0.717, 1.165) is 0 Å². The molecule has 0 aromatic carbocycles. The van der Waals surface area contributed by atoms with Gasteiger partial charge in [0.25, 0.3) is 0 Å². The zero-order chi connectivity index (χ0) is 9.68. The van der Waals surface area contributed by atoms with Crippen LogP contribution in [0.1, 0.15) is 13.3 Å². The number of amides is 1. The number of nitrogens with one attached hydrogen (secondary N) is 1. The van der Waals surface area contributed by atoms with Crippen molar-refractivity contribution in [3.8, 4) is 0 Å². The summed E-state index contributed by atoms with van der Waals surface area (Å²) in [6.07, 6.45) is 3.45. The second kappa shape index (κ2) is 4.46. The van der Waals surface area contributed by atoms with E-state index in [1.165, 1.54) is 12.4 Å². The second-order valence-electron chi connectivity index (χ2n) is 2.47. The first kappa shape index (κ1) is 9.53. The van der Waals surface area contributed by atoms with Gasteiger partial charge in [0.2, 0.25) is 11.9 Å². The first-order valence-corrected chi connectivity index (χ1v) is 3.94. The summed E-state index contributed by atoms with van der Waals surface area (Å²) in [5.41, 5.74) is 5.48. The van der Waals surface area contributed by atoms with Crippen LogP contribution in [0, 0.1) is 0 Å². The van der Waals surface area contributed by atoms with Crippen LogP contribution < -0.4 is 11.1 Å². The molecule has 0 spiro atoms. The van der Waals surface area contributed by atoms with E-state index in [1.807, 2.05) is 6.92 Å². The molecule has 1 heterocycles. The van der Waals surface area contributed by atoms with Crippen LogP contribution in [0.15, 0.2) is 12.4 Å². The molecule has 1 amide bonds. The van der Waals surface area contributed by atoms with E-state index in [1.54, 1.807) is 0 Å². The molecule has 0 aliphatic heterocycles. The van der Waals surface area contributed by atoms with Gasteiger partial charge in [-0.1, -0.05) is 6.92 Å². The molecule has 0 bridgehead atoms. The number of hydrogen-bond donors (Lipinski definition) is 2. The topological polar surface area (TPSA) is 93.8 Å². The fourth-order valence-electron chi connectivity index (χ4n) is 0.693. The lowest BCUT2D eigenvalue weighted by molar-refractivity contribution is -0.117. The van der Waals surface area contributed by atoms with E-state index in [4.69, 9.17) is 5.73 Å². The Morgan fingerprint density at radius 2 is 2.46 bits per heavy atom. The highest BCUT2D eigenvalue weighted by Gasteiger charge is 2.11. The quantitative estimate of drug-likeness (QED) is 0.658. The van der Waals surface area contributed by atoms with Gasteiger partial charge in [0, 0.05) is 0 Å². The minimum Gasteiger partial charge on any atom is -0.320 e. The summed E-state index contributed by atoms with van der Waals surface area (Å²) in [6.45, 7) is 1.83. The summed E-state index contributed by atoms with van der Waals surface area (Å²) in [4.78, 5) is 15.0. The van der Waals surface area contributed by atoms with Crippen LogP contribution in [0.3, 0.4) is 0 Å². The number of anilines is 1. The third-order valence-electron chi connectivity index (χ3n) is 1.49. The number of rotatable bonds is 3. The Bertz CT molecular complexity index is 275. The zero-order valence-corrected chi connectivity index (χ0v) is 7.27. The summed E-state index contributed by atoms with van der Waals surface area (Å²) in [5, 5.41) is 9.59. The molecule has 6 heteroatoms. The van der Waals surface area contributed by atoms with E-state index in [9.17, 15) is 4.79 Å². The molecule has 70 valence electrons. The predicted octanol–water partition coefficient (Wildman–Crippen LogP) is -0.453. The number of hydrogen-bond acceptors (Lipinski definition) is 5. The van der Waals surface area contributed by atoms with Crippen LogP contribution >= 0.6 is 0 Å². The third-order valence-corrected chi connectivity index (χ3v) is 1.49. The molecule has 1 rings (SSSR count). The van der Waals surface area contributed by atoms with Crippen molar-refractivity contribution in [1.82, 2.24) is 15.2 Å². The first-order chi connectivity index (χ1) is 6.24. The molecule has 3 N–H and O–H groups in total. The maximum atomic E-state index is 11.2. The minimum atomic E-state index is -0.524. The average molecular weight is 181 g/mol. The number of carbonyl (C=O) groups excluding carboxylic acids is 1. The van der Waals surface area contributed by atoms with Gasteiger partial charge in [0.15, 0.2) is 0 Å². The van der Waals surface area contributed by atoms with Crippen molar-refractivity contribution in [1.29, 1.82) is 0 Å². The monoisotopic (exact) mass is 181 g/mol. The highest BCUT2D eigenvalue weighted by atomic mass is 16.2. The van der Waals surface area contributed by atoms with E-state index in [-0.39, 0.29) is 11.9 Å². The van der Waals surface area contributed by atoms with Crippen molar-refractivity contribution in [3.05, 3.63) is 12.4 Å². The maximum absolute atomic E-state index is 11.2.